The van der Waals surface area contributed by atoms with E-state index in [4.69, 9.17) is 5.73 Å². The normalized spacial score (nSPS) is 10.8. The molecule has 4 N–H and O–H groups in total. The molecule has 146 valence electrons. The van der Waals surface area contributed by atoms with Crippen molar-refractivity contribution in [2.24, 2.45) is 0 Å². The van der Waals surface area contributed by atoms with Gasteiger partial charge in [0.2, 0.25) is 5.91 Å². The maximum atomic E-state index is 11.5. The molecule has 0 fully saturated rings. The van der Waals surface area contributed by atoms with E-state index in [1.54, 1.807) is 42.7 Å². The summed E-state index contributed by atoms with van der Waals surface area (Å²) >= 11 is 0. The molecule has 0 aliphatic heterocycles. The van der Waals surface area contributed by atoms with Gasteiger partial charge in [-0.05, 0) is 36.1 Å². The Balaban J connectivity index is 1.65. The van der Waals surface area contributed by atoms with Crippen molar-refractivity contribution < 1.29 is 4.79 Å². The molecule has 0 radical (unpaired) electrons. The highest BCUT2D eigenvalue weighted by molar-refractivity contribution is 5.94. The molecule has 0 saturated carbocycles. The van der Waals surface area contributed by atoms with Gasteiger partial charge in [0.1, 0.15) is 18.2 Å². The third-order valence-corrected chi connectivity index (χ3v) is 4.55. The van der Waals surface area contributed by atoms with Crippen LogP contribution in [0.4, 0.5) is 17.3 Å². The summed E-state index contributed by atoms with van der Waals surface area (Å²) in [6.07, 6.45) is 8.60. The first-order valence-electron chi connectivity index (χ1n) is 9.01. The molecule has 4 heterocycles. The Morgan fingerprint density at radius 2 is 2.10 bits per heavy atom. The fraction of sp³-hybridized carbons (Fsp3) is 0.150. The van der Waals surface area contributed by atoms with Crippen molar-refractivity contribution in [3.05, 3.63) is 54.7 Å². The molecule has 29 heavy (non-hydrogen) atoms. The van der Waals surface area contributed by atoms with Crippen molar-refractivity contribution in [1.29, 1.82) is 0 Å². The number of nitrogens with two attached hydrogens (primary N) is 1. The highest BCUT2D eigenvalue weighted by Gasteiger charge is 2.10. The number of nitrogens with one attached hydrogen (secondary N) is 2. The molecule has 1 amide bonds. The number of amides is 1. The van der Waals surface area contributed by atoms with Crippen LogP contribution < -0.4 is 16.4 Å². The average Bonchev–Trinajstić information content (AvgIpc) is 3.14. The van der Waals surface area contributed by atoms with Crippen molar-refractivity contribution >= 4 is 34.0 Å². The number of aryl methyl sites for hydroxylation is 1. The lowest BCUT2D eigenvalue weighted by molar-refractivity contribution is -0.121. The number of likely N-dealkylation sites (N-methyl/N-ethyl adjacent to an activating group) is 1. The summed E-state index contributed by atoms with van der Waals surface area (Å²) in [5.41, 5.74) is 9.66. The van der Waals surface area contributed by atoms with E-state index in [1.165, 1.54) is 0 Å². The predicted molar refractivity (Wildman–Crippen MR) is 111 cm³/mol. The monoisotopic (exact) mass is 388 g/mol. The Kier molecular flexibility index (Phi) is 4.78. The number of nitrogen functional groups attached to an aromatic ring is 1. The van der Waals surface area contributed by atoms with E-state index in [-0.39, 0.29) is 12.5 Å². The first-order chi connectivity index (χ1) is 14.0. The highest BCUT2D eigenvalue weighted by Crippen LogP contribution is 2.29. The van der Waals surface area contributed by atoms with Crippen LogP contribution in [0.1, 0.15) is 5.56 Å². The second-order valence-electron chi connectivity index (χ2n) is 6.60. The quantitative estimate of drug-likeness (QED) is 0.479. The highest BCUT2D eigenvalue weighted by atomic mass is 16.1. The van der Waals surface area contributed by atoms with Crippen molar-refractivity contribution in [3.63, 3.8) is 0 Å². The molecular formula is C20H20N8O. The van der Waals surface area contributed by atoms with E-state index >= 15 is 0 Å². The first-order valence-corrected chi connectivity index (χ1v) is 9.01. The van der Waals surface area contributed by atoms with E-state index in [1.807, 2.05) is 25.1 Å². The third-order valence-electron chi connectivity index (χ3n) is 4.55. The minimum absolute atomic E-state index is 0.121. The van der Waals surface area contributed by atoms with E-state index < -0.39 is 0 Å². The number of anilines is 3. The zero-order chi connectivity index (χ0) is 20.4. The predicted octanol–water partition coefficient (Wildman–Crippen LogP) is 2.27. The molecule has 9 nitrogen and oxygen atoms in total. The number of rotatable bonds is 5. The molecule has 4 aromatic rings. The number of carbonyl (C=O) groups excluding carboxylic acids is 1. The van der Waals surface area contributed by atoms with Gasteiger partial charge in [-0.2, -0.15) is 5.10 Å². The van der Waals surface area contributed by atoms with Gasteiger partial charge in [-0.15, -0.1) is 0 Å². The van der Waals surface area contributed by atoms with Crippen LogP contribution in [0.3, 0.4) is 0 Å². The lowest BCUT2D eigenvalue weighted by atomic mass is 10.1. The molecule has 0 aromatic carbocycles. The van der Waals surface area contributed by atoms with Crippen molar-refractivity contribution in [2.75, 3.05) is 18.1 Å². The summed E-state index contributed by atoms with van der Waals surface area (Å²) < 4.78 is 1.55. The Morgan fingerprint density at radius 3 is 2.90 bits per heavy atom. The summed E-state index contributed by atoms with van der Waals surface area (Å²) in [7, 11) is 1.59. The standard InChI is InChI=1S/C20H20N8O/c1-12-3-4-23-8-15(12)17-5-13-6-18(24-9-16(13)20(21)27-17)26-14-7-25-28(10-14)11-19(29)22-2/h3-10H,11H2,1-2H3,(H2,21,27)(H,22,29)(H,24,26). The zero-order valence-corrected chi connectivity index (χ0v) is 16.0. The molecule has 0 aliphatic carbocycles. The average molecular weight is 388 g/mol. The van der Waals surface area contributed by atoms with Crippen LogP contribution in [0.25, 0.3) is 22.0 Å². The number of hydrogen-bond donors (Lipinski definition) is 3. The van der Waals surface area contributed by atoms with E-state index in [0.29, 0.717) is 11.6 Å². The number of hydrogen-bond acceptors (Lipinski definition) is 7. The Hall–Kier alpha value is -4.01. The van der Waals surface area contributed by atoms with Crippen molar-refractivity contribution in [1.82, 2.24) is 30.0 Å². The minimum Gasteiger partial charge on any atom is -0.383 e. The number of fused-ring (bicyclic) bond motifs is 1. The van der Waals surface area contributed by atoms with Gasteiger partial charge in [0.25, 0.3) is 0 Å². The van der Waals surface area contributed by atoms with Gasteiger partial charge < -0.3 is 16.4 Å². The van der Waals surface area contributed by atoms with E-state index in [2.05, 4.69) is 30.7 Å². The van der Waals surface area contributed by atoms with Crippen molar-refractivity contribution in [3.8, 4) is 11.3 Å². The Labute approximate surface area is 167 Å². The smallest absolute Gasteiger partial charge is 0.241 e. The van der Waals surface area contributed by atoms with Crippen LogP contribution in [-0.4, -0.2) is 37.7 Å². The molecule has 0 saturated heterocycles. The third kappa shape index (κ3) is 3.84. The molecule has 0 spiro atoms. The van der Waals surface area contributed by atoms with Crippen molar-refractivity contribution in [2.45, 2.75) is 13.5 Å². The molecule has 9 heteroatoms. The summed E-state index contributed by atoms with van der Waals surface area (Å²) in [5.74, 6) is 0.930. The van der Waals surface area contributed by atoms with Gasteiger partial charge in [-0.25, -0.2) is 9.97 Å². The van der Waals surface area contributed by atoms with E-state index in [9.17, 15) is 4.79 Å². The van der Waals surface area contributed by atoms with Gasteiger partial charge in [-0.3, -0.25) is 14.5 Å². The van der Waals surface area contributed by atoms with Gasteiger partial charge in [-0.1, -0.05) is 0 Å². The van der Waals surface area contributed by atoms with Crippen LogP contribution in [0.5, 0.6) is 0 Å². The first kappa shape index (κ1) is 18.4. The van der Waals surface area contributed by atoms with Crippen LogP contribution >= 0.6 is 0 Å². The second kappa shape index (κ2) is 7.55. The van der Waals surface area contributed by atoms with Crippen LogP contribution in [0, 0.1) is 6.92 Å². The summed E-state index contributed by atoms with van der Waals surface area (Å²) in [4.78, 5) is 24.6. The van der Waals surface area contributed by atoms with Gasteiger partial charge in [0.05, 0.1) is 17.6 Å². The lowest BCUT2D eigenvalue weighted by Gasteiger charge is -2.10. The van der Waals surface area contributed by atoms with Gasteiger partial charge in [0, 0.05) is 42.8 Å². The molecule has 4 aromatic heterocycles. The number of nitrogens with zero attached hydrogens (tertiary/aromatic N) is 5. The molecule has 0 bridgehead atoms. The number of aromatic nitrogens is 5. The molecule has 4 rings (SSSR count). The number of carbonyl (C=O) groups is 1. The fourth-order valence-corrected chi connectivity index (χ4v) is 3.00. The minimum atomic E-state index is -0.121. The maximum absolute atomic E-state index is 11.5. The van der Waals surface area contributed by atoms with Crippen LogP contribution in [0.2, 0.25) is 0 Å². The molecule has 0 aliphatic rings. The summed E-state index contributed by atoms with van der Waals surface area (Å²) in [6.45, 7) is 2.16. The van der Waals surface area contributed by atoms with Crippen LogP contribution in [0.15, 0.2) is 49.2 Å². The summed E-state index contributed by atoms with van der Waals surface area (Å²) in [5, 5.41) is 11.6. The zero-order valence-electron chi connectivity index (χ0n) is 16.0. The molecule has 0 atom stereocenters. The fourth-order valence-electron chi connectivity index (χ4n) is 3.00. The number of pyridine rings is 3. The Bertz CT molecular complexity index is 1200. The van der Waals surface area contributed by atoms with Gasteiger partial charge in [0.15, 0.2) is 0 Å². The largest absolute Gasteiger partial charge is 0.383 e. The SMILES string of the molecule is CNC(=O)Cn1cc(Nc2cc3cc(-c4cnccc4C)nc(N)c3cn2)cn1. The van der Waals surface area contributed by atoms with Gasteiger partial charge >= 0.3 is 0 Å². The van der Waals surface area contributed by atoms with Crippen LogP contribution in [-0.2, 0) is 11.3 Å². The second-order valence-corrected chi connectivity index (χ2v) is 6.60. The summed E-state index contributed by atoms with van der Waals surface area (Å²) in [6, 6.07) is 5.81. The Morgan fingerprint density at radius 1 is 1.24 bits per heavy atom. The lowest BCUT2D eigenvalue weighted by Crippen LogP contribution is -2.23. The maximum Gasteiger partial charge on any atom is 0.241 e. The molecule has 0 unspecified atom stereocenters. The molecular weight excluding hydrogens is 368 g/mol. The van der Waals surface area contributed by atoms with E-state index in [0.717, 1.165) is 33.3 Å². The topological polar surface area (TPSA) is 124 Å².